The quantitative estimate of drug-likeness (QED) is 0.0711. The van der Waals surface area contributed by atoms with Gasteiger partial charge in [0.15, 0.2) is 5.76 Å². The van der Waals surface area contributed by atoms with Gasteiger partial charge in [0, 0.05) is 80.0 Å². The number of benzene rings is 3. The number of carbonyl (C=O) groups excluding carboxylic acids is 2. The van der Waals surface area contributed by atoms with E-state index in [1.165, 1.54) is 10.5 Å². The predicted molar refractivity (Wildman–Crippen MR) is 323 cm³/mol. The number of pyridine rings is 1. The van der Waals surface area contributed by atoms with Crippen LogP contribution in [0.2, 0.25) is 0 Å². The fourth-order valence-corrected chi connectivity index (χ4v) is 16.4. The van der Waals surface area contributed by atoms with Gasteiger partial charge < -0.3 is 49.5 Å². The molecule has 10 heterocycles. The zero-order valence-electron chi connectivity index (χ0n) is 48.8. The fourth-order valence-electron chi connectivity index (χ4n) is 15.6. The van der Waals surface area contributed by atoms with Crippen molar-refractivity contribution in [1.82, 2.24) is 50.4 Å². The second-order valence-electron chi connectivity index (χ2n) is 25.7. The number of phenolic OH excluding ortho intramolecular Hbond substituents is 1. The summed E-state index contributed by atoms with van der Waals surface area (Å²) in [5.74, 6) is 0.767. The minimum atomic E-state index is -0.827. The lowest BCUT2D eigenvalue weighted by molar-refractivity contribution is -0.141. The topological polar surface area (TPSA) is 208 Å². The van der Waals surface area contributed by atoms with E-state index in [9.17, 15) is 19.8 Å². The number of amides is 2. The number of nitrogens with one attached hydrogen (secondary N) is 2. The average molecular weight is 1160 g/mol. The highest BCUT2D eigenvalue weighted by Crippen LogP contribution is 2.50. The predicted octanol–water partition coefficient (Wildman–Crippen LogP) is 9.12. The number of hydrogen-bond acceptors (Lipinski definition) is 17. The number of aliphatic hydroxyl groups excluding tert-OH is 1. The van der Waals surface area contributed by atoms with Crippen LogP contribution in [0.25, 0.3) is 43.4 Å². The van der Waals surface area contributed by atoms with Gasteiger partial charge in [-0.1, -0.05) is 63.2 Å². The van der Waals surface area contributed by atoms with Gasteiger partial charge in [0.05, 0.1) is 57.0 Å². The molecule has 1 aliphatic carbocycles. The molecular formula is C65H77N11O7S. The second kappa shape index (κ2) is 22.3. The molecule has 3 aromatic carbocycles. The first-order valence-electron chi connectivity index (χ1n) is 30.7. The van der Waals surface area contributed by atoms with E-state index in [0.29, 0.717) is 54.9 Å². The molecule has 2 bridgehead atoms. The average Bonchev–Trinajstić information content (AvgIpc) is 1.50. The molecule has 4 aromatic heterocycles. The molecule has 84 heavy (non-hydrogen) atoms. The third kappa shape index (κ3) is 10.1. The zero-order chi connectivity index (χ0) is 57.5. The minimum absolute atomic E-state index is 0.0215. The lowest BCUT2D eigenvalue weighted by atomic mass is 9.79. The summed E-state index contributed by atoms with van der Waals surface area (Å²) in [6, 6.07) is 20.4. The highest BCUT2D eigenvalue weighted by atomic mass is 32.1. The number of β-amino-alcohol motifs (C(OH)–C–C–N with tert-alkyl or cyclic N) is 1. The van der Waals surface area contributed by atoms with E-state index in [0.717, 1.165) is 157 Å². The van der Waals surface area contributed by atoms with Gasteiger partial charge in [-0.25, -0.2) is 4.98 Å². The number of ether oxygens (including phenoxy) is 2. The molecular weight excluding hydrogens is 1080 g/mol. The molecule has 19 heteroatoms. The van der Waals surface area contributed by atoms with E-state index in [1.807, 2.05) is 75.8 Å². The maximum atomic E-state index is 14.4. The summed E-state index contributed by atoms with van der Waals surface area (Å²) < 4.78 is 19.1. The smallest absolute Gasteiger partial charge is 0.319 e. The van der Waals surface area contributed by atoms with E-state index in [2.05, 4.69) is 60.6 Å². The number of nitrogens with zero attached hydrogens (tertiary/aromatic N) is 9. The molecule has 14 rings (SSSR count). The van der Waals surface area contributed by atoms with E-state index >= 15 is 0 Å². The summed E-state index contributed by atoms with van der Waals surface area (Å²) in [6.07, 6.45) is 10.1. The molecule has 18 nitrogen and oxygen atoms in total. The maximum Gasteiger partial charge on any atom is 0.319 e. The first-order chi connectivity index (χ1) is 40.7. The van der Waals surface area contributed by atoms with Gasteiger partial charge in [-0.15, -0.1) is 11.3 Å². The van der Waals surface area contributed by atoms with Crippen molar-refractivity contribution >= 4 is 50.6 Å². The highest BCUT2D eigenvalue weighted by Gasteiger charge is 2.51. The Kier molecular flexibility index (Phi) is 14.6. The molecule has 4 N–H and O–H groups in total. The van der Waals surface area contributed by atoms with Gasteiger partial charge >= 0.3 is 6.01 Å². The van der Waals surface area contributed by atoms with Crippen molar-refractivity contribution in [2.45, 2.75) is 146 Å². The standard InChI is InChI=1S/C65H77N11O7S/c1-36(2)55(63(80)75-32-48(78)26-52(75)62(79)68-38(4)41-10-12-42(13-11-41)60-39(5)67-35-84-60)53-27-54(72-83-53)81-33-40-17-22-73(23-18-40)31-46-16-20-65(19-7-21-76(46)65)34-82-64-70-59-51(61(71-64)74-29-44-14-15-45(30-74)69-44)28-66-58-50-25-47(77)24-43-8-6-9-49(57(43)50)37(3)56(58)59/h6,8-13,24-25,27-28,35-38,40,44-46,48,52,55,69,77-78H,7,14-23,26,29-34H2,1-5H3,(H,68,79)/t37?,38-,44?,45?,46-,48+,52-,55+,65+/m0/s1. The molecule has 7 aliphatic rings. The third-order valence-electron chi connectivity index (χ3n) is 19.9. The summed E-state index contributed by atoms with van der Waals surface area (Å²) >= 11 is 1.60. The zero-order valence-corrected chi connectivity index (χ0v) is 49.6. The van der Waals surface area contributed by atoms with Crippen LogP contribution < -0.4 is 25.0 Å². The number of aryl methyl sites for hydroxylation is 1. The van der Waals surface area contributed by atoms with Crippen LogP contribution in [0.15, 0.2) is 76.9 Å². The number of likely N-dealkylation sites (tertiary alicyclic amines) is 2. The normalized spacial score (nSPS) is 25.8. The number of aromatic nitrogens is 5. The lowest BCUT2D eigenvalue weighted by Crippen LogP contribution is -2.51. The summed E-state index contributed by atoms with van der Waals surface area (Å²) in [7, 11) is 0. The highest BCUT2D eigenvalue weighted by molar-refractivity contribution is 7.13. The monoisotopic (exact) mass is 1160 g/mol. The van der Waals surface area contributed by atoms with E-state index in [4.69, 9.17) is 28.9 Å². The Labute approximate surface area is 494 Å². The van der Waals surface area contributed by atoms with Gasteiger partial charge in [0.1, 0.15) is 30.1 Å². The van der Waals surface area contributed by atoms with Crippen molar-refractivity contribution in [3.63, 3.8) is 0 Å². The molecule has 6 aliphatic heterocycles. The fraction of sp³-hybridized carbons (Fsp3) is 0.523. The van der Waals surface area contributed by atoms with Crippen LogP contribution in [-0.4, -0.2) is 157 Å². The number of carbonyl (C=O) groups is 2. The maximum absolute atomic E-state index is 14.4. The molecule has 7 aromatic rings. The SMILES string of the molecule is Cc1ncsc1-c1ccc([C@H](C)NC(=O)[C@@H]2C[C@@H](O)CN2C(=O)[C@@H](c2cc(OCC3CCN(C[C@@H]4CC[C@@]5(COc6nc(N7CC8CCC(C7)N8)c7cnc8c(c7n6)C(C)c6cccc7cc(O)cc-8c67)CCCN45)CC3)no2)C(C)C)cc1. The van der Waals surface area contributed by atoms with Gasteiger partial charge in [-0.05, 0) is 141 Å². The second-order valence-corrected chi connectivity index (χ2v) is 26.5. The van der Waals surface area contributed by atoms with Crippen molar-refractivity contribution in [2.24, 2.45) is 11.8 Å². The number of aromatic hydroxyl groups is 1. The minimum Gasteiger partial charge on any atom is -0.508 e. The van der Waals surface area contributed by atoms with Gasteiger partial charge in [0.25, 0.3) is 5.88 Å². The summed E-state index contributed by atoms with van der Waals surface area (Å²) in [6.45, 7) is 17.0. The number of piperidine rings is 1. The lowest BCUT2D eigenvalue weighted by Gasteiger charge is -2.38. The van der Waals surface area contributed by atoms with E-state index in [-0.39, 0.29) is 53.9 Å². The van der Waals surface area contributed by atoms with Crippen LogP contribution in [0.1, 0.15) is 132 Å². The first-order valence-corrected chi connectivity index (χ1v) is 31.6. The molecule has 0 radical (unpaired) electrons. The number of anilines is 1. The number of phenols is 1. The number of rotatable bonds is 16. The number of piperazine rings is 1. The number of aliphatic hydroxyl groups is 1. The van der Waals surface area contributed by atoms with Crippen LogP contribution in [0.5, 0.6) is 17.6 Å². The molecule has 0 saturated carbocycles. The van der Waals surface area contributed by atoms with Crippen molar-refractivity contribution in [1.29, 1.82) is 0 Å². The number of hydrogen-bond donors (Lipinski definition) is 4. The molecule has 9 atom stereocenters. The first kappa shape index (κ1) is 55.1. The van der Waals surface area contributed by atoms with Gasteiger partial charge in [-0.2, -0.15) is 9.97 Å². The largest absolute Gasteiger partial charge is 0.508 e. The summed E-state index contributed by atoms with van der Waals surface area (Å²) in [4.78, 5) is 58.9. The summed E-state index contributed by atoms with van der Waals surface area (Å²) in [5, 5.41) is 36.0. The Morgan fingerprint density at radius 3 is 2.52 bits per heavy atom. The molecule has 440 valence electrons. The van der Waals surface area contributed by atoms with Crippen molar-refractivity contribution in [3.8, 4) is 39.3 Å². The van der Waals surface area contributed by atoms with E-state index in [1.54, 1.807) is 17.4 Å². The van der Waals surface area contributed by atoms with Gasteiger partial charge in [0.2, 0.25) is 11.8 Å². The summed E-state index contributed by atoms with van der Waals surface area (Å²) in [5.41, 5.74) is 9.71. The van der Waals surface area contributed by atoms with E-state index < -0.39 is 18.1 Å². The third-order valence-corrected chi connectivity index (χ3v) is 20.9. The van der Waals surface area contributed by atoms with Gasteiger partial charge in [-0.3, -0.25) is 19.5 Å². The number of thiazole rings is 1. The Balaban J connectivity index is 0.597. The van der Waals surface area contributed by atoms with Crippen molar-refractivity contribution in [3.05, 3.63) is 101 Å². The number of fused-ring (bicyclic) bond motifs is 7. The molecule has 6 saturated heterocycles. The molecule has 6 fully saturated rings. The Morgan fingerprint density at radius 1 is 0.940 bits per heavy atom. The van der Waals surface area contributed by atoms with Crippen LogP contribution in [-0.2, 0) is 9.59 Å². The Bertz CT molecular complexity index is 3610. The van der Waals surface area contributed by atoms with Crippen molar-refractivity contribution in [2.75, 3.05) is 63.9 Å². The Hall–Kier alpha value is -6.77. The molecule has 2 amide bonds. The van der Waals surface area contributed by atoms with Crippen LogP contribution in [0.4, 0.5) is 5.82 Å². The van der Waals surface area contributed by atoms with Crippen LogP contribution in [0.3, 0.4) is 0 Å². The van der Waals surface area contributed by atoms with Crippen molar-refractivity contribution < 1.29 is 33.8 Å². The van der Waals surface area contributed by atoms with Crippen LogP contribution in [0, 0.1) is 18.8 Å². The van der Waals surface area contributed by atoms with Crippen LogP contribution >= 0.6 is 11.3 Å². The molecule has 0 spiro atoms. The molecule has 3 unspecified atom stereocenters. The Morgan fingerprint density at radius 2 is 1.75 bits per heavy atom.